The fourth-order valence-corrected chi connectivity index (χ4v) is 3.05. The summed E-state index contributed by atoms with van der Waals surface area (Å²) in [5.74, 6) is 1.22. The van der Waals surface area contributed by atoms with Crippen molar-refractivity contribution in [2.75, 3.05) is 26.2 Å². The van der Waals surface area contributed by atoms with Gasteiger partial charge < -0.3 is 15.7 Å². The Balaban J connectivity index is 1.74. The molecule has 4 heteroatoms. The molecular weight excluding hydrogens is 216 g/mol. The highest BCUT2D eigenvalue weighted by atomic mass is 16.3. The van der Waals surface area contributed by atoms with E-state index in [0.29, 0.717) is 11.8 Å². The number of amides is 1. The summed E-state index contributed by atoms with van der Waals surface area (Å²) >= 11 is 0. The van der Waals surface area contributed by atoms with Crippen LogP contribution in [0.5, 0.6) is 0 Å². The molecule has 0 bridgehead atoms. The quantitative estimate of drug-likeness (QED) is 0.671. The van der Waals surface area contributed by atoms with Gasteiger partial charge in [-0.05, 0) is 37.6 Å². The summed E-state index contributed by atoms with van der Waals surface area (Å²) in [7, 11) is 0. The fraction of sp³-hybridized carbons (Fsp3) is 0.923. The molecule has 3 N–H and O–H groups in total. The fourth-order valence-electron chi connectivity index (χ4n) is 3.05. The van der Waals surface area contributed by atoms with Crippen molar-refractivity contribution in [3.63, 3.8) is 0 Å². The monoisotopic (exact) mass is 240 g/mol. The third kappa shape index (κ3) is 3.42. The lowest BCUT2D eigenvalue weighted by Gasteiger charge is -2.30. The van der Waals surface area contributed by atoms with Gasteiger partial charge in [-0.15, -0.1) is 0 Å². The topological polar surface area (TPSA) is 61.4 Å². The van der Waals surface area contributed by atoms with Gasteiger partial charge in [-0.25, -0.2) is 0 Å². The Morgan fingerprint density at radius 3 is 2.65 bits per heavy atom. The van der Waals surface area contributed by atoms with Gasteiger partial charge in [-0.1, -0.05) is 12.8 Å². The van der Waals surface area contributed by atoms with Crippen LogP contribution in [0.3, 0.4) is 0 Å². The molecule has 1 aliphatic heterocycles. The SMILES string of the molecule is O=C(NCC1CCCCC1CO)C1CCNC1. The van der Waals surface area contributed by atoms with Gasteiger partial charge in [0.1, 0.15) is 0 Å². The summed E-state index contributed by atoms with van der Waals surface area (Å²) in [6, 6.07) is 0. The molecule has 1 heterocycles. The van der Waals surface area contributed by atoms with E-state index in [2.05, 4.69) is 10.6 Å². The van der Waals surface area contributed by atoms with Crippen molar-refractivity contribution in [3.8, 4) is 0 Å². The Kier molecular flexibility index (Phi) is 4.80. The number of nitrogens with one attached hydrogen (secondary N) is 2. The van der Waals surface area contributed by atoms with Crippen LogP contribution in [0.2, 0.25) is 0 Å². The van der Waals surface area contributed by atoms with Gasteiger partial charge in [0.15, 0.2) is 0 Å². The van der Waals surface area contributed by atoms with Crippen LogP contribution in [0.25, 0.3) is 0 Å². The highest BCUT2D eigenvalue weighted by Crippen LogP contribution is 2.29. The van der Waals surface area contributed by atoms with Gasteiger partial charge in [0.2, 0.25) is 5.91 Å². The van der Waals surface area contributed by atoms with Crippen LogP contribution in [0.15, 0.2) is 0 Å². The van der Waals surface area contributed by atoms with Crippen LogP contribution in [-0.2, 0) is 4.79 Å². The van der Waals surface area contributed by atoms with Crippen LogP contribution >= 0.6 is 0 Å². The number of aliphatic hydroxyl groups excluding tert-OH is 1. The molecule has 4 nitrogen and oxygen atoms in total. The lowest BCUT2D eigenvalue weighted by molar-refractivity contribution is -0.124. The Bertz CT molecular complexity index is 252. The predicted molar refractivity (Wildman–Crippen MR) is 66.5 cm³/mol. The second-order valence-electron chi connectivity index (χ2n) is 5.42. The van der Waals surface area contributed by atoms with E-state index in [0.717, 1.165) is 38.9 Å². The molecule has 3 unspecified atom stereocenters. The standard InChI is InChI=1S/C13H24N2O2/c16-9-12-4-2-1-3-10(12)8-15-13(17)11-5-6-14-7-11/h10-12,14,16H,1-9H2,(H,15,17). The van der Waals surface area contributed by atoms with Gasteiger partial charge >= 0.3 is 0 Å². The molecule has 17 heavy (non-hydrogen) atoms. The summed E-state index contributed by atoms with van der Waals surface area (Å²) in [5, 5.41) is 15.6. The van der Waals surface area contributed by atoms with Crippen molar-refractivity contribution in [2.45, 2.75) is 32.1 Å². The van der Waals surface area contributed by atoms with Crippen LogP contribution in [-0.4, -0.2) is 37.3 Å². The Morgan fingerprint density at radius 2 is 2.00 bits per heavy atom. The van der Waals surface area contributed by atoms with E-state index in [-0.39, 0.29) is 18.4 Å². The zero-order chi connectivity index (χ0) is 12.1. The smallest absolute Gasteiger partial charge is 0.224 e. The molecule has 1 saturated heterocycles. The molecule has 3 atom stereocenters. The maximum atomic E-state index is 11.9. The van der Waals surface area contributed by atoms with Crippen molar-refractivity contribution < 1.29 is 9.90 Å². The zero-order valence-electron chi connectivity index (χ0n) is 10.5. The molecule has 0 aromatic heterocycles. The van der Waals surface area contributed by atoms with Crippen LogP contribution < -0.4 is 10.6 Å². The number of hydrogen-bond acceptors (Lipinski definition) is 3. The zero-order valence-corrected chi connectivity index (χ0v) is 10.5. The Hall–Kier alpha value is -0.610. The van der Waals surface area contributed by atoms with Crippen molar-refractivity contribution in [3.05, 3.63) is 0 Å². The van der Waals surface area contributed by atoms with Crippen molar-refractivity contribution in [2.24, 2.45) is 17.8 Å². The second kappa shape index (κ2) is 6.36. The molecule has 1 aliphatic carbocycles. The average molecular weight is 240 g/mol. The number of carbonyl (C=O) groups excluding carboxylic acids is 1. The van der Waals surface area contributed by atoms with E-state index < -0.39 is 0 Å². The van der Waals surface area contributed by atoms with Crippen molar-refractivity contribution in [1.29, 1.82) is 0 Å². The molecule has 0 radical (unpaired) electrons. The van der Waals surface area contributed by atoms with Crippen LogP contribution in [0.1, 0.15) is 32.1 Å². The van der Waals surface area contributed by atoms with Crippen molar-refractivity contribution in [1.82, 2.24) is 10.6 Å². The number of rotatable bonds is 4. The molecular formula is C13H24N2O2. The minimum Gasteiger partial charge on any atom is -0.396 e. The highest BCUT2D eigenvalue weighted by Gasteiger charge is 2.27. The molecule has 1 saturated carbocycles. The first kappa shape index (κ1) is 12.8. The normalized spacial score (nSPS) is 33.6. The van der Waals surface area contributed by atoms with Gasteiger partial charge in [-0.2, -0.15) is 0 Å². The summed E-state index contributed by atoms with van der Waals surface area (Å²) in [6.07, 6.45) is 5.68. The second-order valence-corrected chi connectivity index (χ2v) is 5.42. The van der Waals surface area contributed by atoms with Gasteiger partial charge in [0, 0.05) is 19.7 Å². The van der Waals surface area contributed by atoms with E-state index >= 15 is 0 Å². The predicted octanol–water partition coefficient (Wildman–Crippen LogP) is 0.511. The van der Waals surface area contributed by atoms with E-state index in [1.807, 2.05) is 0 Å². The summed E-state index contributed by atoms with van der Waals surface area (Å²) in [6.45, 7) is 2.80. The van der Waals surface area contributed by atoms with E-state index in [1.165, 1.54) is 12.8 Å². The Morgan fingerprint density at radius 1 is 1.24 bits per heavy atom. The first-order valence-electron chi connectivity index (χ1n) is 6.90. The third-order valence-corrected chi connectivity index (χ3v) is 4.27. The lowest BCUT2D eigenvalue weighted by atomic mass is 9.79. The lowest BCUT2D eigenvalue weighted by Crippen LogP contribution is -2.38. The minimum absolute atomic E-state index is 0.158. The van der Waals surface area contributed by atoms with Gasteiger partial charge in [0.05, 0.1) is 5.92 Å². The number of hydrogen-bond donors (Lipinski definition) is 3. The average Bonchev–Trinajstić information content (AvgIpc) is 2.90. The molecule has 2 fully saturated rings. The van der Waals surface area contributed by atoms with Crippen LogP contribution in [0.4, 0.5) is 0 Å². The maximum Gasteiger partial charge on any atom is 0.224 e. The van der Waals surface area contributed by atoms with Crippen molar-refractivity contribution >= 4 is 5.91 Å². The molecule has 2 rings (SSSR count). The summed E-state index contributed by atoms with van der Waals surface area (Å²) < 4.78 is 0. The minimum atomic E-state index is 0.158. The summed E-state index contributed by atoms with van der Waals surface area (Å²) in [4.78, 5) is 11.9. The largest absolute Gasteiger partial charge is 0.396 e. The van der Waals surface area contributed by atoms with Gasteiger partial charge in [-0.3, -0.25) is 4.79 Å². The molecule has 2 aliphatic rings. The van der Waals surface area contributed by atoms with E-state index in [1.54, 1.807) is 0 Å². The molecule has 0 spiro atoms. The highest BCUT2D eigenvalue weighted by molar-refractivity contribution is 5.79. The van der Waals surface area contributed by atoms with E-state index in [9.17, 15) is 9.90 Å². The number of aliphatic hydroxyl groups is 1. The van der Waals surface area contributed by atoms with E-state index in [4.69, 9.17) is 0 Å². The summed E-state index contributed by atoms with van der Waals surface area (Å²) in [5.41, 5.74) is 0. The van der Waals surface area contributed by atoms with Gasteiger partial charge in [0.25, 0.3) is 0 Å². The molecule has 0 aromatic carbocycles. The van der Waals surface area contributed by atoms with Crippen LogP contribution in [0, 0.1) is 17.8 Å². The first-order valence-corrected chi connectivity index (χ1v) is 6.90. The maximum absolute atomic E-state index is 11.9. The molecule has 0 aromatic rings. The molecule has 98 valence electrons. The third-order valence-electron chi connectivity index (χ3n) is 4.27. The first-order chi connectivity index (χ1) is 8.31. The molecule has 1 amide bonds. The number of carbonyl (C=O) groups is 1. The Labute approximate surface area is 103 Å².